The zero-order valence-electron chi connectivity index (χ0n) is 7.67. The summed E-state index contributed by atoms with van der Waals surface area (Å²) in [5.41, 5.74) is 6.11. The molecular weight excluding hydrogens is 247 g/mol. The van der Waals surface area contributed by atoms with Crippen LogP contribution < -0.4 is 5.73 Å². The standard InChI is InChI=1S/C9H9Cl3FN/c1-3(2)4-8(13)6(11)5(10)7(12)9(4)14/h3H,14H2,1-2H3. The molecule has 0 spiro atoms. The largest absolute Gasteiger partial charge is 0.397 e. The second kappa shape index (κ2) is 4.13. The molecule has 0 amide bonds. The molecule has 0 aromatic heterocycles. The van der Waals surface area contributed by atoms with Crippen LogP contribution >= 0.6 is 34.8 Å². The molecule has 14 heavy (non-hydrogen) atoms. The van der Waals surface area contributed by atoms with E-state index in [1.165, 1.54) is 0 Å². The third kappa shape index (κ3) is 1.79. The fourth-order valence-corrected chi connectivity index (χ4v) is 1.86. The highest BCUT2D eigenvalue weighted by Gasteiger charge is 2.21. The summed E-state index contributed by atoms with van der Waals surface area (Å²) in [7, 11) is 0. The Bertz CT molecular complexity index is 348. The van der Waals surface area contributed by atoms with Crippen molar-refractivity contribution in [3.8, 4) is 0 Å². The van der Waals surface area contributed by atoms with E-state index in [-0.39, 0.29) is 26.7 Å². The summed E-state index contributed by atoms with van der Waals surface area (Å²) in [6.45, 7) is 3.60. The van der Waals surface area contributed by atoms with Crippen molar-refractivity contribution in [3.05, 3.63) is 26.4 Å². The lowest BCUT2D eigenvalue weighted by Crippen LogP contribution is -2.02. The molecule has 1 rings (SSSR count). The average molecular weight is 257 g/mol. The van der Waals surface area contributed by atoms with Gasteiger partial charge in [-0.25, -0.2) is 4.39 Å². The van der Waals surface area contributed by atoms with Crippen molar-refractivity contribution in [1.82, 2.24) is 0 Å². The first-order valence-corrected chi connectivity index (χ1v) is 5.12. The zero-order valence-corrected chi connectivity index (χ0v) is 9.93. The molecule has 0 unspecified atom stereocenters. The van der Waals surface area contributed by atoms with Crippen molar-refractivity contribution < 1.29 is 4.39 Å². The third-order valence-electron chi connectivity index (χ3n) is 1.92. The maximum Gasteiger partial charge on any atom is 0.148 e. The Labute approximate surface area is 96.9 Å². The molecule has 0 aliphatic rings. The summed E-state index contributed by atoms with van der Waals surface area (Å²) in [4.78, 5) is 0. The summed E-state index contributed by atoms with van der Waals surface area (Å²) in [5, 5.41) is -0.0935. The predicted molar refractivity (Wildman–Crippen MR) is 59.9 cm³/mol. The third-order valence-corrected chi connectivity index (χ3v) is 3.24. The number of anilines is 1. The van der Waals surface area contributed by atoms with Crippen molar-refractivity contribution >= 4 is 40.5 Å². The Balaban J connectivity index is 3.60. The summed E-state index contributed by atoms with van der Waals surface area (Å²) < 4.78 is 13.6. The van der Waals surface area contributed by atoms with Crippen molar-refractivity contribution in [3.63, 3.8) is 0 Å². The van der Waals surface area contributed by atoms with Crippen LogP contribution in [0.5, 0.6) is 0 Å². The number of hydrogen-bond acceptors (Lipinski definition) is 1. The normalized spacial score (nSPS) is 11.1. The first-order valence-electron chi connectivity index (χ1n) is 3.99. The number of nitrogens with two attached hydrogens (primary N) is 1. The number of nitrogen functional groups attached to an aromatic ring is 1. The van der Waals surface area contributed by atoms with Crippen LogP contribution in [0, 0.1) is 5.82 Å². The lowest BCUT2D eigenvalue weighted by Gasteiger charge is -2.14. The summed E-state index contributed by atoms with van der Waals surface area (Å²) in [6.07, 6.45) is 0. The minimum atomic E-state index is -0.589. The van der Waals surface area contributed by atoms with Gasteiger partial charge in [-0.15, -0.1) is 0 Å². The molecule has 0 heterocycles. The van der Waals surface area contributed by atoms with E-state index in [1.807, 2.05) is 0 Å². The van der Waals surface area contributed by atoms with E-state index in [9.17, 15) is 4.39 Å². The van der Waals surface area contributed by atoms with Crippen molar-refractivity contribution in [2.45, 2.75) is 19.8 Å². The predicted octanol–water partition coefficient (Wildman–Crippen LogP) is 4.49. The van der Waals surface area contributed by atoms with Gasteiger partial charge in [0.2, 0.25) is 0 Å². The van der Waals surface area contributed by atoms with Crippen LogP contribution in [0.15, 0.2) is 0 Å². The summed E-state index contributed by atoms with van der Waals surface area (Å²) in [6, 6.07) is 0. The van der Waals surface area contributed by atoms with Gasteiger partial charge in [0.1, 0.15) is 5.82 Å². The molecule has 0 saturated heterocycles. The second-order valence-electron chi connectivity index (χ2n) is 3.24. The fraction of sp³-hybridized carbons (Fsp3) is 0.333. The second-order valence-corrected chi connectivity index (χ2v) is 4.37. The lowest BCUT2D eigenvalue weighted by molar-refractivity contribution is 0.600. The summed E-state index contributed by atoms with van der Waals surface area (Å²) >= 11 is 17.1. The van der Waals surface area contributed by atoms with Gasteiger partial charge in [0, 0.05) is 5.56 Å². The molecule has 2 N–H and O–H groups in total. The Morgan fingerprint density at radius 2 is 1.57 bits per heavy atom. The molecule has 0 atom stereocenters. The van der Waals surface area contributed by atoms with E-state index in [4.69, 9.17) is 40.5 Å². The van der Waals surface area contributed by atoms with Crippen molar-refractivity contribution in [2.75, 3.05) is 5.73 Å². The zero-order chi connectivity index (χ0) is 11.0. The van der Waals surface area contributed by atoms with E-state index in [0.29, 0.717) is 5.56 Å². The molecular formula is C9H9Cl3FN. The van der Waals surface area contributed by atoms with Crippen molar-refractivity contribution in [1.29, 1.82) is 0 Å². The molecule has 1 aromatic carbocycles. The highest BCUT2D eigenvalue weighted by Crippen LogP contribution is 2.41. The number of halogens is 4. The Hall–Kier alpha value is -0.180. The topological polar surface area (TPSA) is 26.0 Å². The molecule has 0 bridgehead atoms. The summed E-state index contributed by atoms with van der Waals surface area (Å²) in [5.74, 6) is -0.684. The van der Waals surface area contributed by atoms with Gasteiger partial charge in [-0.2, -0.15) is 0 Å². The number of hydrogen-bond donors (Lipinski definition) is 1. The molecule has 1 aromatic rings. The smallest absolute Gasteiger partial charge is 0.148 e. The van der Waals surface area contributed by atoms with E-state index in [0.717, 1.165) is 0 Å². The molecule has 0 radical (unpaired) electrons. The Morgan fingerprint density at radius 1 is 1.07 bits per heavy atom. The van der Waals surface area contributed by atoms with Gasteiger partial charge in [-0.3, -0.25) is 0 Å². The Morgan fingerprint density at radius 3 is 2.00 bits per heavy atom. The van der Waals surface area contributed by atoms with E-state index in [2.05, 4.69) is 0 Å². The molecule has 0 aliphatic carbocycles. The van der Waals surface area contributed by atoms with Gasteiger partial charge in [0.15, 0.2) is 0 Å². The van der Waals surface area contributed by atoms with Crippen LogP contribution in [-0.2, 0) is 0 Å². The highest BCUT2D eigenvalue weighted by molar-refractivity contribution is 6.49. The SMILES string of the molecule is CC(C)c1c(N)c(Cl)c(Cl)c(Cl)c1F. The monoisotopic (exact) mass is 255 g/mol. The van der Waals surface area contributed by atoms with Crippen LogP contribution in [0.2, 0.25) is 15.1 Å². The van der Waals surface area contributed by atoms with E-state index < -0.39 is 5.82 Å². The maximum atomic E-state index is 13.6. The van der Waals surface area contributed by atoms with Crippen molar-refractivity contribution in [2.24, 2.45) is 0 Å². The van der Waals surface area contributed by atoms with E-state index in [1.54, 1.807) is 13.8 Å². The maximum absolute atomic E-state index is 13.6. The van der Waals surface area contributed by atoms with Crippen LogP contribution in [-0.4, -0.2) is 0 Å². The number of benzene rings is 1. The van der Waals surface area contributed by atoms with Crippen LogP contribution in [0.4, 0.5) is 10.1 Å². The minimum absolute atomic E-state index is 0.0345. The first-order chi connectivity index (χ1) is 6.37. The number of rotatable bonds is 1. The molecule has 0 saturated carbocycles. The van der Waals surface area contributed by atoms with Gasteiger partial charge in [-0.1, -0.05) is 48.7 Å². The van der Waals surface area contributed by atoms with Crippen LogP contribution in [0.1, 0.15) is 25.3 Å². The average Bonchev–Trinajstić information content (AvgIpc) is 2.11. The highest BCUT2D eigenvalue weighted by atomic mass is 35.5. The molecule has 0 fully saturated rings. The fourth-order valence-electron chi connectivity index (χ4n) is 1.23. The van der Waals surface area contributed by atoms with Gasteiger partial charge >= 0.3 is 0 Å². The van der Waals surface area contributed by atoms with Crippen LogP contribution in [0.25, 0.3) is 0 Å². The first kappa shape index (κ1) is 11.9. The van der Waals surface area contributed by atoms with Crippen LogP contribution in [0.3, 0.4) is 0 Å². The Kier molecular flexibility index (Phi) is 3.51. The van der Waals surface area contributed by atoms with Gasteiger partial charge in [-0.05, 0) is 5.92 Å². The quantitative estimate of drug-likeness (QED) is 0.447. The van der Waals surface area contributed by atoms with Gasteiger partial charge < -0.3 is 5.73 Å². The van der Waals surface area contributed by atoms with Gasteiger partial charge in [0.05, 0.1) is 20.8 Å². The van der Waals surface area contributed by atoms with E-state index >= 15 is 0 Å². The molecule has 5 heteroatoms. The minimum Gasteiger partial charge on any atom is -0.397 e. The lowest BCUT2D eigenvalue weighted by atomic mass is 10.0. The molecule has 78 valence electrons. The molecule has 0 aliphatic heterocycles. The molecule has 1 nitrogen and oxygen atoms in total. The van der Waals surface area contributed by atoms with Gasteiger partial charge in [0.25, 0.3) is 0 Å².